The van der Waals surface area contributed by atoms with Crippen LogP contribution in [0.5, 0.6) is 0 Å². The quantitative estimate of drug-likeness (QED) is 0.426. The summed E-state index contributed by atoms with van der Waals surface area (Å²) in [6, 6.07) is 1.54. The van der Waals surface area contributed by atoms with Gasteiger partial charge in [-0.1, -0.05) is 0 Å². The van der Waals surface area contributed by atoms with E-state index in [9.17, 15) is 9.59 Å². The molecule has 6 nitrogen and oxygen atoms in total. The second-order valence-corrected chi connectivity index (χ2v) is 5.93. The van der Waals surface area contributed by atoms with Gasteiger partial charge >= 0.3 is 19.1 Å². The van der Waals surface area contributed by atoms with E-state index in [0.717, 1.165) is 0 Å². The molecule has 20 heavy (non-hydrogen) atoms. The zero-order valence-electron chi connectivity index (χ0n) is 11.7. The van der Waals surface area contributed by atoms with E-state index in [1.165, 1.54) is 12.3 Å². The highest BCUT2D eigenvalue weighted by Crippen LogP contribution is 2.36. The number of cyclic esters (lactones) is 2. The zero-order chi connectivity index (χ0) is 14.7. The first-order valence-corrected chi connectivity index (χ1v) is 6.33. The number of carbonyl (C=O) groups is 2. The van der Waals surface area contributed by atoms with Crippen molar-refractivity contribution in [3.8, 4) is 0 Å². The van der Waals surface area contributed by atoms with E-state index in [4.69, 9.17) is 9.31 Å². The van der Waals surface area contributed by atoms with Crippen molar-refractivity contribution >= 4 is 24.5 Å². The number of fused-ring (bicyclic) bond motifs is 1. The summed E-state index contributed by atoms with van der Waals surface area (Å²) in [5.74, 6) is -1.40. The van der Waals surface area contributed by atoms with E-state index >= 15 is 0 Å². The Balaban J connectivity index is 1.96. The van der Waals surface area contributed by atoms with Gasteiger partial charge in [-0.25, -0.2) is 14.6 Å². The lowest BCUT2D eigenvalue weighted by Gasteiger charge is -2.32. The van der Waals surface area contributed by atoms with Crippen LogP contribution in [0.25, 0.3) is 0 Å². The first kappa shape index (κ1) is 13.3. The molecule has 0 unspecified atom stereocenters. The lowest BCUT2D eigenvalue weighted by Crippen LogP contribution is -2.41. The summed E-state index contributed by atoms with van der Waals surface area (Å²) in [6.07, 6.45) is 1.47. The number of aromatic nitrogens is 1. The molecule has 0 aromatic carbocycles. The Labute approximate surface area is 116 Å². The Hall–Kier alpha value is -1.73. The average molecular weight is 275 g/mol. The molecule has 3 rings (SSSR count). The minimum Gasteiger partial charge on any atom is -0.399 e. The Kier molecular flexibility index (Phi) is 2.58. The van der Waals surface area contributed by atoms with E-state index in [2.05, 4.69) is 9.72 Å². The summed E-state index contributed by atoms with van der Waals surface area (Å²) in [5.41, 5.74) is -0.174. The third-order valence-corrected chi connectivity index (χ3v) is 4.03. The molecule has 1 aromatic heterocycles. The van der Waals surface area contributed by atoms with Crippen molar-refractivity contribution in [1.82, 2.24) is 4.98 Å². The van der Waals surface area contributed by atoms with Crippen molar-refractivity contribution in [2.24, 2.45) is 0 Å². The van der Waals surface area contributed by atoms with Crippen LogP contribution in [0.3, 0.4) is 0 Å². The molecule has 0 radical (unpaired) electrons. The van der Waals surface area contributed by atoms with Gasteiger partial charge in [-0.3, -0.25) is 0 Å². The second-order valence-electron chi connectivity index (χ2n) is 5.93. The molecule has 0 bridgehead atoms. The molecule has 2 aliphatic heterocycles. The van der Waals surface area contributed by atoms with E-state index in [-0.39, 0.29) is 11.3 Å². The Morgan fingerprint density at radius 3 is 2.25 bits per heavy atom. The second kappa shape index (κ2) is 3.89. The molecule has 104 valence electrons. The molecule has 1 fully saturated rings. The van der Waals surface area contributed by atoms with Crippen molar-refractivity contribution in [1.29, 1.82) is 0 Å². The lowest BCUT2D eigenvalue weighted by molar-refractivity contribution is 0.00578. The first-order valence-electron chi connectivity index (χ1n) is 6.33. The zero-order valence-corrected chi connectivity index (χ0v) is 11.7. The van der Waals surface area contributed by atoms with E-state index in [1.54, 1.807) is 0 Å². The standard InChI is InChI=1S/C13H14BNO5/c1-12(2)13(3,4)20-14(19-12)7-5-8-9(15-6-7)11(17)18-10(8)16/h5-6H,1-4H3. The number of rotatable bonds is 1. The maximum atomic E-state index is 11.5. The number of hydrogen-bond donors (Lipinski definition) is 0. The highest BCUT2D eigenvalue weighted by molar-refractivity contribution is 6.62. The van der Waals surface area contributed by atoms with Gasteiger partial charge in [0.25, 0.3) is 0 Å². The lowest BCUT2D eigenvalue weighted by atomic mass is 9.79. The molecule has 0 amide bonds. The van der Waals surface area contributed by atoms with Crippen LogP contribution in [0.2, 0.25) is 0 Å². The summed E-state index contributed by atoms with van der Waals surface area (Å²) in [6.45, 7) is 7.74. The van der Waals surface area contributed by atoms with Crippen LogP contribution < -0.4 is 5.46 Å². The normalized spacial score (nSPS) is 22.9. The molecule has 0 aliphatic carbocycles. The van der Waals surface area contributed by atoms with Gasteiger partial charge in [0.15, 0.2) is 5.69 Å². The predicted octanol–water partition coefficient (Wildman–Crippen LogP) is 0.691. The van der Waals surface area contributed by atoms with Gasteiger partial charge in [-0.2, -0.15) is 0 Å². The fourth-order valence-corrected chi connectivity index (χ4v) is 2.09. The van der Waals surface area contributed by atoms with Crippen LogP contribution in [0.4, 0.5) is 0 Å². The Morgan fingerprint density at radius 2 is 1.65 bits per heavy atom. The topological polar surface area (TPSA) is 74.7 Å². The van der Waals surface area contributed by atoms with Gasteiger partial charge in [0.2, 0.25) is 0 Å². The number of nitrogens with zero attached hydrogens (tertiary/aromatic N) is 1. The van der Waals surface area contributed by atoms with Crippen LogP contribution in [0.15, 0.2) is 12.3 Å². The van der Waals surface area contributed by atoms with Crippen LogP contribution in [0.1, 0.15) is 48.5 Å². The van der Waals surface area contributed by atoms with Crippen molar-refractivity contribution in [2.75, 3.05) is 0 Å². The van der Waals surface area contributed by atoms with Crippen molar-refractivity contribution in [3.05, 3.63) is 23.5 Å². The van der Waals surface area contributed by atoms with E-state index in [1.807, 2.05) is 27.7 Å². The molecular formula is C13H14BNO5. The van der Waals surface area contributed by atoms with E-state index < -0.39 is 30.3 Å². The SMILES string of the molecule is CC1(C)OB(c2cnc3c(c2)C(=O)OC3=O)OC1(C)C. The van der Waals surface area contributed by atoms with Gasteiger partial charge < -0.3 is 14.0 Å². The Morgan fingerprint density at radius 1 is 1.05 bits per heavy atom. The molecule has 0 atom stereocenters. The first-order chi connectivity index (χ1) is 9.21. The minimum atomic E-state index is -0.717. The fourth-order valence-electron chi connectivity index (χ4n) is 2.09. The molecule has 0 N–H and O–H groups in total. The monoisotopic (exact) mass is 275 g/mol. The molecule has 1 aromatic rings. The number of ether oxygens (including phenoxy) is 1. The highest BCUT2D eigenvalue weighted by Gasteiger charge is 2.52. The molecule has 0 spiro atoms. The van der Waals surface area contributed by atoms with Crippen LogP contribution in [-0.4, -0.2) is 35.2 Å². The minimum absolute atomic E-state index is 0.0373. The summed E-state index contributed by atoms with van der Waals surface area (Å²) < 4.78 is 16.3. The molecule has 2 aliphatic rings. The largest absolute Gasteiger partial charge is 0.496 e. The summed E-state index contributed by atoms with van der Waals surface area (Å²) in [5, 5.41) is 0. The van der Waals surface area contributed by atoms with Gasteiger partial charge in [-0.15, -0.1) is 0 Å². The summed E-state index contributed by atoms with van der Waals surface area (Å²) in [4.78, 5) is 26.9. The van der Waals surface area contributed by atoms with Crippen molar-refractivity contribution < 1.29 is 23.6 Å². The molecule has 3 heterocycles. The molecule has 0 saturated carbocycles. The van der Waals surface area contributed by atoms with Crippen LogP contribution in [-0.2, 0) is 14.0 Å². The third-order valence-electron chi connectivity index (χ3n) is 4.03. The summed E-state index contributed by atoms with van der Waals surface area (Å²) in [7, 11) is -0.624. The number of pyridine rings is 1. The van der Waals surface area contributed by atoms with Gasteiger partial charge in [-0.05, 0) is 33.8 Å². The molecule has 7 heteroatoms. The van der Waals surface area contributed by atoms with Gasteiger partial charge in [0.05, 0.1) is 16.8 Å². The summed E-state index contributed by atoms with van der Waals surface area (Å²) >= 11 is 0. The van der Waals surface area contributed by atoms with Gasteiger partial charge in [0, 0.05) is 11.7 Å². The third kappa shape index (κ3) is 1.77. The smallest absolute Gasteiger partial charge is 0.399 e. The van der Waals surface area contributed by atoms with Crippen LogP contribution >= 0.6 is 0 Å². The van der Waals surface area contributed by atoms with Crippen LogP contribution in [0, 0.1) is 0 Å². The maximum absolute atomic E-state index is 11.5. The van der Waals surface area contributed by atoms with Gasteiger partial charge in [0.1, 0.15) is 0 Å². The highest BCUT2D eigenvalue weighted by atomic mass is 16.7. The molecule has 1 saturated heterocycles. The number of carbonyl (C=O) groups excluding carboxylic acids is 2. The van der Waals surface area contributed by atoms with Crippen molar-refractivity contribution in [3.63, 3.8) is 0 Å². The average Bonchev–Trinajstić information content (AvgIpc) is 2.74. The maximum Gasteiger partial charge on any atom is 0.496 e. The molecular weight excluding hydrogens is 261 g/mol. The Bertz CT molecular complexity index is 609. The van der Waals surface area contributed by atoms with E-state index in [0.29, 0.717) is 5.46 Å². The number of hydrogen-bond acceptors (Lipinski definition) is 6. The number of esters is 2. The predicted molar refractivity (Wildman–Crippen MR) is 69.7 cm³/mol. The van der Waals surface area contributed by atoms with Crippen molar-refractivity contribution in [2.45, 2.75) is 38.9 Å². The fraction of sp³-hybridized carbons (Fsp3) is 0.462.